The zero-order valence-corrected chi connectivity index (χ0v) is 22.6. The van der Waals surface area contributed by atoms with Gasteiger partial charge in [0.05, 0.1) is 25.6 Å². The molecule has 1 aromatic heterocycles. The summed E-state index contributed by atoms with van der Waals surface area (Å²) >= 11 is 1.29. The van der Waals surface area contributed by atoms with E-state index in [9.17, 15) is 14.4 Å². The molecule has 1 unspecified atom stereocenters. The van der Waals surface area contributed by atoms with Crippen molar-refractivity contribution in [2.75, 3.05) is 25.7 Å². The number of hydrogen-bond acceptors (Lipinski definition) is 6. The highest BCUT2D eigenvalue weighted by Gasteiger charge is 2.35. The number of nitrogens with zero attached hydrogens (tertiary/aromatic N) is 1. The molecule has 0 saturated carbocycles. The smallest absolute Gasteiger partial charge is 0.261 e. The van der Waals surface area contributed by atoms with Crippen molar-refractivity contribution in [1.82, 2.24) is 10.6 Å². The monoisotopic (exact) mass is 523 g/mol. The molecule has 9 heteroatoms. The fraction of sp³-hybridized carbons (Fsp3) is 0.321. The number of hydrogen-bond donors (Lipinski definition) is 2. The van der Waals surface area contributed by atoms with Crippen molar-refractivity contribution in [3.8, 4) is 11.5 Å². The lowest BCUT2D eigenvalue weighted by molar-refractivity contribution is -0.127. The standard InChI is InChI=1S/C28H33N3O5S/c1-6-28(2,3)30-27(34)25(19-9-13-21(35-4)14-10-19)31(20-11-15-22(36-5)16-12-20)24(32)18-29-26(33)23-8-7-17-37-23/h7-17,25H,6,18H2,1-5H3,(H,29,33)(H,30,34). The molecular formula is C28H33N3O5S. The number of methoxy groups -OCH3 is 2. The summed E-state index contributed by atoms with van der Waals surface area (Å²) in [6, 6.07) is 16.3. The third-order valence-electron chi connectivity index (χ3n) is 6.05. The largest absolute Gasteiger partial charge is 0.497 e. The molecule has 0 radical (unpaired) electrons. The average Bonchev–Trinajstić information content (AvgIpc) is 3.45. The maximum atomic E-state index is 13.8. The number of benzene rings is 2. The highest BCUT2D eigenvalue weighted by molar-refractivity contribution is 7.12. The van der Waals surface area contributed by atoms with E-state index in [1.165, 1.54) is 16.2 Å². The van der Waals surface area contributed by atoms with Crippen LogP contribution >= 0.6 is 11.3 Å². The van der Waals surface area contributed by atoms with Crippen molar-refractivity contribution in [3.05, 3.63) is 76.5 Å². The molecule has 196 valence electrons. The first kappa shape index (κ1) is 27.7. The van der Waals surface area contributed by atoms with Crippen LogP contribution in [0.5, 0.6) is 11.5 Å². The molecule has 1 atom stereocenters. The number of rotatable bonds is 11. The lowest BCUT2D eigenvalue weighted by atomic mass is 9.98. The lowest BCUT2D eigenvalue weighted by Crippen LogP contribution is -2.52. The summed E-state index contributed by atoms with van der Waals surface area (Å²) < 4.78 is 10.6. The van der Waals surface area contributed by atoms with E-state index < -0.39 is 17.5 Å². The van der Waals surface area contributed by atoms with Gasteiger partial charge in [-0.15, -0.1) is 11.3 Å². The molecule has 0 bridgehead atoms. The number of carbonyl (C=O) groups is 3. The average molecular weight is 524 g/mol. The van der Waals surface area contributed by atoms with E-state index in [2.05, 4.69) is 10.6 Å². The third-order valence-corrected chi connectivity index (χ3v) is 6.92. The molecule has 0 fully saturated rings. The molecule has 0 saturated heterocycles. The predicted octanol–water partition coefficient (Wildman–Crippen LogP) is 4.57. The van der Waals surface area contributed by atoms with Gasteiger partial charge in [0.25, 0.3) is 5.91 Å². The van der Waals surface area contributed by atoms with Crippen LogP contribution in [-0.2, 0) is 9.59 Å². The van der Waals surface area contributed by atoms with Crippen LogP contribution in [0.2, 0.25) is 0 Å². The number of ether oxygens (including phenoxy) is 2. The van der Waals surface area contributed by atoms with E-state index in [0.717, 1.165) is 0 Å². The summed E-state index contributed by atoms with van der Waals surface area (Å²) in [5, 5.41) is 7.55. The highest BCUT2D eigenvalue weighted by atomic mass is 32.1. The minimum atomic E-state index is -1.00. The second-order valence-corrected chi connectivity index (χ2v) is 9.97. The normalized spacial score (nSPS) is 11.8. The summed E-state index contributed by atoms with van der Waals surface area (Å²) in [5.74, 6) is 0.101. The van der Waals surface area contributed by atoms with Gasteiger partial charge in [0.2, 0.25) is 11.8 Å². The molecule has 37 heavy (non-hydrogen) atoms. The molecule has 0 aliphatic heterocycles. The Bertz CT molecular complexity index is 1190. The number of carbonyl (C=O) groups excluding carboxylic acids is 3. The van der Waals surface area contributed by atoms with E-state index in [1.54, 1.807) is 80.3 Å². The molecular weight excluding hydrogens is 490 g/mol. The molecule has 3 amide bonds. The molecule has 3 rings (SSSR count). The molecule has 0 aliphatic rings. The third kappa shape index (κ3) is 7.10. The van der Waals surface area contributed by atoms with Crippen molar-refractivity contribution in [2.45, 2.75) is 38.8 Å². The van der Waals surface area contributed by atoms with Gasteiger partial charge in [-0.1, -0.05) is 25.1 Å². The van der Waals surface area contributed by atoms with E-state index in [-0.39, 0.29) is 18.4 Å². The van der Waals surface area contributed by atoms with Crippen LogP contribution in [0.3, 0.4) is 0 Å². The molecule has 0 aliphatic carbocycles. The molecule has 1 heterocycles. The maximum Gasteiger partial charge on any atom is 0.261 e. The number of thiophene rings is 1. The van der Waals surface area contributed by atoms with Gasteiger partial charge in [-0.3, -0.25) is 19.3 Å². The predicted molar refractivity (Wildman–Crippen MR) is 145 cm³/mol. The Morgan fingerprint density at radius 3 is 2.05 bits per heavy atom. The number of nitrogens with one attached hydrogen (secondary N) is 2. The first-order valence-corrected chi connectivity index (χ1v) is 12.8. The van der Waals surface area contributed by atoms with E-state index >= 15 is 0 Å². The Hall–Kier alpha value is -3.85. The van der Waals surface area contributed by atoms with Crippen molar-refractivity contribution in [3.63, 3.8) is 0 Å². The van der Waals surface area contributed by atoms with Crippen LogP contribution in [0.15, 0.2) is 66.0 Å². The molecule has 8 nitrogen and oxygen atoms in total. The summed E-state index contributed by atoms with van der Waals surface area (Å²) in [7, 11) is 3.12. The van der Waals surface area contributed by atoms with Gasteiger partial charge in [0.15, 0.2) is 0 Å². The van der Waals surface area contributed by atoms with Gasteiger partial charge in [-0.05, 0) is 73.7 Å². The van der Waals surface area contributed by atoms with Crippen molar-refractivity contribution in [2.24, 2.45) is 0 Å². The van der Waals surface area contributed by atoms with Gasteiger partial charge >= 0.3 is 0 Å². The SMILES string of the molecule is CCC(C)(C)NC(=O)C(c1ccc(OC)cc1)N(C(=O)CNC(=O)c1cccs1)c1ccc(OC)cc1. The minimum absolute atomic E-state index is 0.292. The van der Waals surface area contributed by atoms with Gasteiger partial charge < -0.3 is 20.1 Å². The number of anilines is 1. The van der Waals surface area contributed by atoms with Gasteiger partial charge in [0, 0.05) is 11.2 Å². The maximum absolute atomic E-state index is 13.8. The van der Waals surface area contributed by atoms with Crippen LogP contribution in [-0.4, -0.2) is 44.0 Å². The lowest BCUT2D eigenvalue weighted by Gasteiger charge is -2.34. The van der Waals surface area contributed by atoms with Gasteiger partial charge in [-0.25, -0.2) is 0 Å². The second kappa shape index (κ2) is 12.4. The summed E-state index contributed by atoms with van der Waals surface area (Å²) in [5.41, 5.74) is 0.587. The Morgan fingerprint density at radius 1 is 0.946 bits per heavy atom. The van der Waals surface area contributed by atoms with Crippen LogP contribution in [0.4, 0.5) is 5.69 Å². The Kier molecular flexibility index (Phi) is 9.30. The Balaban J connectivity index is 2.04. The van der Waals surface area contributed by atoms with Crippen molar-refractivity contribution >= 4 is 34.7 Å². The molecule has 2 aromatic carbocycles. The second-order valence-electron chi connectivity index (χ2n) is 9.02. The molecule has 0 spiro atoms. The Morgan fingerprint density at radius 2 is 1.54 bits per heavy atom. The van der Waals surface area contributed by atoms with Crippen LogP contribution in [0.1, 0.15) is 48.5 Å². The van der Waals surface area contributed by atoms with E-state index in [4.69, 9.17) is 9.47 Å². The molecule has 3 aromatic rings. The van der Waals surface area contributed by atoms with E-state index in [0.29, 0.717) is 34.0 Å². The Labute approximate surface area is 221 Å². The fourth-order valence-corrected chi connectivity index (χ4v) is 4.25. The topological polar surface area (TPSA) is 97.0 Å². The first-order valence-electron chi connectivity index (χ1n) is 11.9. The summed E-state index contributed by atoms with van der Waals surface area (Å²) in [6.07, 6.45) is 0.696. The first-order chi connectivity index (χ1) is 17.7. The van der Waals surface area contributed by atoms with Crippen LogP contribution < -0.4 is 25.0 Å². The summed E-state index contributed by atoms with van der Waals surface area (Å²) in [6.45, 7) is 5.54. The zero-order chi connectivity index (χ0) is 27.0. The van der Waals surface area contributed by atoms with Crippen LogP contribution in [0.25, 0.3) is 0 Å². The van der Waals surface area contributed by atoms with Gasteiger partial charge in [0.1, 0.15) is 17.5 Å². The highest BCUT2D eigenvalue weighted by Crippen LogP contribution is 2.31. The van der Waals surface area contributed by atoms with Gasteiger partial charge in [-0.2, -0.15) is 0 Å². The minimum Gasteiger partial charge on any atom is -0.497 e. The quantitative estimate of drug-likeness (QED) is 0.384. The van der Waals surface area contributed by atoms with E-state index in [1.807, 2.05) is 20.8 Å². The van der Waals surface area contributed by atoms with Crippen molar-refractivity contribution < 1.29 is 23.9 Å². The summed E-state index contributed by atoms with van der Waals surface area (Å²) in [4.78, 5) is 42.0. The zero-order valence-electron chi connectivity index (χ0n) is 21.7. The van der Waals surface area contributed by atoms with Crippen molar-refractivity contribution in [1.29, 1.82) is 0 Å². The molecule has 2 N–H and O–H groups in total. The van der Waals surface area contributed by atoms with Crippen LogP contribution in [0, 0.1) is 0 Å². The number of amides is 3. The fourth-order valence-electron chi connectivity index (χ4n) is 3.61.